The van der Waals surface area contributed by atoms with Gasteiger partial charge in [0.15, 0.2) is 0 Å². The molecule has 3 atom stereocenters. The molecule has 0 fully saturated rings. The minimum atomic E-state index is 0.316. The summed E-state index contributed by atoms with van der Waals surface area (Å²) in [6.45, 7) is 0. The van der Waals surface area contributed by atoms with E-state index in [-0.39, 0.29) is 0 Å². The molecule has 21 heavy (non-hydrogen) atoms. The third kappa shape index (κ3) is 2.25. The van der Waals surface area contributed by atoms with Crippen molar-refractivity contribution in [2.45, 2.75) is 18.4 Å². The Morgan fingerprint density at radius 3 is 2.52 bits per heavy atom. The number of fused-ring (bicyclic) bond motifs is 3. The van der Waals surface area contributed by atoms with Crippen molar-refractivity contribution < 1.29 is 0 Å². The van der Waals surface area contributed by atoms with Crippen LogP contribution in [0.1, 0.15) is 29.5 Å². The van der Waals surface area contributed by atoms with E-state index in [1.165, 1.54) is 16.8 Å². The molecule has 0 bridgehead atoms. The molecule has 2 aliphatic rings. The van der Waals surface area contributed by atoms with E-state index in [1.807, 2.05) is 18.2 Å². The first-order valence-corrected chi connectivity index (χ1v) is 7.96. The number of allylic oxidation sites excluding steroid dienone is 2. The Morgan fingerprint density at radius 1 is 0.952 bits per heavy atom. The summed E-state index contributed by atoms with van der Waals surface area (Å²) in [7, 11) is 0. The maximum Gasteiger partial charge on any atom is 0.0553 e. The molecule has 0 radical (unpaired) electrons. The number of hydrogen-bond donors (Lipinski definition) is 1. The molecule has 1 aliphatic carbocycles. The highest BCUT2D eigenvalue weighted by Crippen LogP contribution is 2.50. The van der Waals surface area contributed by atoms with E-state index in [4.69, 9.17) is 23.2 Å². The molecular formula is C18H15Cl2N. The number of halogens is 2. The van der Waals surface area contributed by atoms with Crippen LogP contribution in [0.2, 0.25) is 10.0 Å². The average molecular weight is 316 g/mol. The number of hydrogen-bond acceptors (Lipinski definition) is 1. The van der Waals surface area contributed by atoms with Crippen LogP contribution in [0.5, 0.6) is 0 Å². The normalized spacial score (nSPS) is 26.1. The second kappa shape index (κ2) is 5.08. The summed E-state index contributed by atoms with van der Waals surface area (Å²) >= 11 is 12.2. The summed E-state index contributed by atoms with van der Waals surface area (Å²) in [4.78, 5) is 0. The summed E-state index contributed by atoms with van der Waals surface area (Å²) in [6, 6.07) is 14.6. The molecule has 0 aromatic heterocycles. The fourth-order valence-corrected chi connectivity index (χ4v) is 3.87. The fourth-order valence-electron chi connectivity index (χ4n) is 3.57. The van der Waals surface area contributed by atoms with Crippen molar-refractivity contribution in [3.05, 3.63) is 75.8 Å². The Morgan fingerprint density at radius 2 is 1.71 bits per heavy atom. The topological polar surface area (TPSA) is 12.0 Å². The molecule has 2 aromatic rings. The van der Waals surface area contributed by atoms with Crippen LogP contribution >= 0.6 is 23.2 Å². The molecule has 1 N–H and O–H groups in total. The first kappa shape index (κ1) is 13.2. The van der Waals surface area contributed by atoms with Crippen molar-refractivity contribution in [2.24, 2.45) is 5.92 Å². The van der Waals surface area contributed by atoms with Crippen LogP contribution < -0.4 is 5.32 Å². The fraction of sp³-hybridized carbons (Fsp3) is 0.222. The van der Waals surface area contributed by atoms with Gasteiger partial charge in [0.25, 0.3) is 0 Å². The van der Waals surface area contributed by atoms with Crippen molar-refractivity contribution in [1.82, 2.24) is 0 Å². The molecule has 0 unspecified atom stereocenters. The van der Waals surface area contributed by atoms with E-state index >= 15 is 0 Å². The lowest BCUT2D eigenvalue weighted by Gasteiger charge is -2.37. The molecule has 0 amide bonds. The van der Waals surface area contributed by atoms with Crippen molar-refractivity contribution in [2.75, 3.05) is 5.32 Å². The van der Waals surface area contributed by atoms with Gasteiger partial charge in [-0.3, -0.25) is 0 Å². The second-order valence-electron chi connectivity index (χ2n) is 5.76. The van der Waals surface area contributed by atoms with Gasteiger partial charge in [-0.1, -0.05) is 47.5 Å². The van der Waals surface area contributed by atoms with Crippen molar-refractivity contribution >= 4 is 28.9 Å². The maximum atomic E-state index is 6.17. The Hall–Kier alpha value is -1.44. The first-order valence-electron chi connectivity index (χ1n) is 7.20. The van der Waals surface area contributed by atoms with E-state index in [1.54, 1.807) is 0 Å². The maximum absolute atomic E-state index is 6.17. The number of rotatable bonds is 1. The van der Waals surface area contributed by atoms with Crippen LogP contribution in [0.15, 0.2) is 54.6 Å². The lowest BCUT2D eigenvalue weighted by molar-refractivity contribution is 0.425. The first-order chi connectivity index (χ1) is 10.2. The summed E-state index contributed by atoms with van der Waals surface area (Å²) in [6.07, 6.45) is 5.70. The molecule has 0 saturated heterocycles. The van der Waals surface area contributed by atoms with Crippen LogP contribution in [0.3, 0.4) is 0 Å². The van der Waals surface area contributed by atoms with Gasteiger partial charge < -0.3 is 5.32 Å². The zero-order valence-corrected chi connectivity index (χ0v) is 12.9. The van der Waals surface area contributed by atoms with Crippen LogP contribution in [0, 0.1) is 5.92 Å². The minimum Gasteiger partial charge on any atom is -0.378 e. The molecule has 1 aliphatic heterocycles. The standard InChI is InChI=1S/C18H15Cl2N/c19-12-6-4-11(5-7-12)18-15-3-1-2-14(15)16-10-13(20)8-9-17(16)21-18/h1-2,4-10,14-15,18,21H,3H2/t14-,15-,18+/m1/s1. The highest BCUT2D eigenvalue weighted by molar-refractivity contribution is 6.31. The predicted molar refractivity (Wildman–Crippen MR) is 89.3 cm³/mol. The Bertz CT molecular complexity index is 706. The second-order valence-corrected chi connectivity index (χ2v) is 6.63. The molecule has 2 aromatic carbocycles. The monoisotopic (exact) mass is 315 g/mol. The van der Waals surface area contributed by atoms with Crippen LogP contribution in [-0.2, 0) is 0 Å². The minimum absolute atomic E-state index is 0.316. The molecular weight excluding hydrogens is 301 g/mol. The number of anilines is 1. The highest BCUT2D eigenvalue weighted by atomic mass is 35.5. The third-order valence-corrected chi connectivity index (χ3v) is 5.04. The smallest absolute Gasteiger partial charge is 0.0553 e. The number of nitrogens with one attached hydrogen (secondary N) is 1. The van der Waals surface area contributed by atoms with Gasteiger partial charge >= 0.3 is 0 Å². The molecule has 4 rings (SSSR count). The quantitative estimate of drug-likeness (QED) is 0.654. The molecule has 1 heterocycles. The van der Waals surface area contributed by atoms with Gasteiger partial charge in [-0.05, 0) is 53.8 Å². The van der Waals surface area contributed by atoms with Crippen LogP contribution in [0.4, 0.5) is 5.69 Å². The van der Waals surface area contributed by atoms with Crippen LogP contribution in [0.25, 0.3) is 0 Å². The summed E-state index contributed by atoms with van der Waals surface area (Å²) in [5.74, 6) is 0.984. The summed E-state index contributed by atoms with van der Waals surface area (Å²) in [5.41, 5.74) is 3.79. The Labute approximate surface area is 134 Å². The van der Waals surface area contributed by atoms with Gasteiger partial charge in [-0.2, -0.15) is 0 Å². The van der Waals surface area contributed by atoms with E-state index < -0.39 is 0 Å². The largest absolute Gasteiger partial charge is 0.378 e. The summed E-state index contributed by atoms with van der Waals surface area (Å²) < 4.78 is 0. The molecule has 106 valence electrons. The molecule has 1 nitrogen and oxygen atoms in total. The van der Waals surface area contributed by atoms with Crippen molar-refractivity contribution in [3.8, 4) is 0 Å². The Kier molecular flexibility index (Phi) is 3.20. The third-order valence-electron chi connectivity index (χ3n) is 4.55. The van der Waals surface area contributed by atoms with Gasteiger partial charge in [0.1, 0.15) is 0 Å². The van der Waals surface area contributed by atoms with E-state index in [0.29, 0.717) is 17.9 Å². The van der Waals surface area contributed by atoms with Crippen molar-refractivity contribution in [3.63, 3.8) is 0 Å². The van der Waals surface area contributed by atoms with Gasteiger partial charge in [-0.15, -0.1) is 0 Å². The van der Waals surface area contributed by atoms with Gasteiger partial charge in [-0.25, -0.2) is 0 Å². The lowest BCUT2D eigenvalue weighted by Crippen LogP contribution is -2.28. The summed E-state index contributed by atoms with van der Waals surface area (Å²) in [5, 5.41) is 5.28. The van der Waals surface area contributed by atoms with Gasteiger partial charge in [0.2, 0.25) is 0 Å². The zero-order chi connectivity index (χ0) is 14.4. The molecule has 0 spiro atoms. The van der Waals surface area contributed by atoms with Gasteiger partial charge in [0, 0.05) is 21.7 Å². The van der Waals surface area contributed by atoms with E-state index in [0.717, 1.165) is 16.5 Å². The number of benzene rings is 2. The van der Waals surface area contributed by atoms with Crippen molar-refractivity contribution in [1.29, 1.82) is 0 Å². The zero-order valence-electron chi connectivity index (χ0n) is 11.4. The lowest BCUT2D eigenvalue weighted by atomic mass is 9.77. The highest BCUT2D eigenvalue weighted by Gasteiger charge is 2.37. The van der Waals surface area contributed by atoms with Gasteiger partial charge in [0.05, 0.1) is 6.04 Å². The SMILES string of the molecule is Clc1ccc([C@@H]2Nc3ccc(Cl)cc3[C@@H]3C=CC[C@H]32)cc1. The molecule has 0 saturated carbocycles. The average Bonchev–Trinajstić information content (AvgIpc) is 2.97. The predicted octanol–water partition coefficient (Wildman–Crippen LogP) is 5.82. The van der Waals surface area contributed by atoms with E-state index in [9.17, 15) is 0 Å². The Balaban J connectivity index is 1.78. The molecule has 3 heteroatoms. The van der Waals surface area contributed by atoms with E-state index in [2.05, 4.69) is 41.7 Å². The van der Waals surface area contributed by atoms with Crippen LogP contribution in [-0.4, -0.2) is 0 Å².